The molecule has 1 aromatic carbocycles. The van der Waals surface area contributed by atoms with Gasteiger partial charge >= 0.3 is 10.2 Å². The molecule has 39 heavy (non-hydrogen) atoms. The van der Waals surface area contributed by atoms with E-state index in [9.17, 15) is 17.9 Å². The van der Waals surface area contributed by atoms with E-state index < -0.39 is 28.0 Å². The van der Waals surface area contributed by atoms with E-state index in [2.05, 4.69) is 19.4 Å². The highest BCUT2D eigenvalue weighted by molar-refractivity contribution is 7.91. The number of nitrogens with zero attached hydrogens (tertiary/aromatic N) is 6. The zero-order valence-electron chi connectivity index (χ0n) is 22.8. The number of aryl methyl sites for hydroxylation is 1. The van der Waals surface area contributed by atoms with E-state index in [0.29, 0.717) is 46.8 Å². The van der Waals surface area contributed by atoms with Crippen molar-refractivity contribution in [1.82, 2.24) is 19.7 Å². The molecule has 12 heteroatoms. The van der Waals surface area contributed by atoms with Crippen LogP contribution in [-0.4, -0.2) is 67.3 Å². The molecule has 0 N–H and O–H groups in total. The Balaban J connectivity index is 1.77. The number of aromatic nitrogens is 3. The average molecular weight is 558 g/mol. The van der Waals surface area contributed by atoms with Crippen molar-refractivity contribution >= 4 is 21.8 Å². The molecule has 0 bridgehead atoms. The van der Waals surface area contributed by atoms with Gasteiger partial charge in [-0.2, -0.15) is 17.9 Å². The minimum absolute atomic E-state index is 0.132. The number of hydrogen-bond acceptors (Lipinski definition) is 7. The number of anilines is 1. The summed E-state index contributed by atoms with van der Waals surface area (Å²) < 4.78 is 53.7. The third kappa shape index (κ3) is 6.56. The van der Waals surface area contributed by atoms with Crippen LogP contribution in [-0.2, 0) is 23.7 Å². The van der Waals surface area contributed by atoms with Gasteiger partial charge in [-0.25, -0.2) is 13.7 Å². The van der Waals surface area contributed by atoms with E-state index in [0.717, 1.165) is 13.0 Å². The summed E-state index contributed by atoms with van der Waals surface area (Å²) in [7, 11) is 0.693. The molecule has 1 aliphatic rings. The van der Waals surface area contributed by atoms with Crippen molar-refractivity contribution < 1.29 is 22.7 Å². The van der Waals surface area contributed by atoms with Gasteiger partial charge in [-0.1, -0.05) is 13.8 Å². The summed E-state index contributed by atoms with van der Waals surface area (Å²) in [6.07, 6.45) is 5.70. The number of benzene rings is 1. The van der Waals surface area contributed by atoms with Gasteiger partial charge in [0.1, 0.15) is 5.82 Å². The number of halogens is 1. The number of methoxy groups -OCH3 is 1. The van der Waals surface area contributed by atoms with Crippen molar-refractivity contribution in [2.45, 2.75) is 45.1 Å². The number of piperidine rings is 1. The highest BCUT2D eigenvalue weighted by Crippen LogP contribution is 2.33. The summed E-state index contributed by atoms with van der Waals surface area (Å²) in [4.78, 5) is 6.16. The largest absolute Gasteiger partial charge is 0.861 e. The van der Waals surface area contributed by atoms with Gasteiger partial charge in [-0.15, -0.1) is 0 Å². The van der Waals surface area contributed by atoms with Crippen LogP contribution in [0.4, 0.5) is 10.1 Å². The Bertz CT molecular complexity index is 1460. The lowest BCUT2D eigenvalue weighted by molar-refractivity contribution is -0.217. The SMILES string of the molecule is COc1cc(-c2cc(F)cc(C(C)C)c2C/C([O-])=N/S(=O)(=O)N(c2cnn(C)c2)C2CCCN(C)C2)ccn1. The van der Waals surface area contributed by atoms with Crippen LogP contribution in [0.25, 0.3) is 11.1 Å². The van der Waals surface area contributed by atoms with E-state index >= 15 is 0 Å². The highest BCUT2D eigenvalue weighted by atomic mass is 32.2. The minimum atomic E-state index is -4.41. The number of likely N-dealkylation sites (tertiary alicyclic amines) is 1. The first kappa shape index (κ1) is 28.5. The van der Waals surface area contributed by atoms with Crippen molar-refractivity contribution in [3.8, 4) is 17.0 Å². The minimum Gasteiger partial charge on any atom is -0.861 e. The van der Waals surface area contributed by atoms with E-state index in [4.69, 9.17) is 4.74 Å². The molecular weight excluding hydrogens is 523 g/mol. The smallest absolute Gasteiger partial charge is 0.344 e. The Morgan fingerprint density at radius 2 is 2.08 bits per heavy atom. The molecule has 0 aliphatic carbocycles. The Morgan fingerprint density at radius 1 is 1.31 bits per heavy atom. The van der Waals surface area contributed by atoms with Crippen LogP contribution in [0.3, 0.4) is 0 Å². The molecule has 3 heterocycles. The number of rotatable bonds is 9. The monoisotopic (exact) mass is 557 g/mol. The van der Waals surface area contributed by atoms with Crippen molar-refractivity contribution in [3.63, 3.8) is 0 Å². The number of likely N-dealkylation sites (N-methyl/N-ethyl adjacent to an activating group) is 1. The second kappa shape index (κ2) is 11.7. The maximum absolute atomic E-state index is 14.7. The molecule has 0 saturated carbocycles. The Labute approximate surface area is 228 Å². The molecule has 0 amide bonds. The molecule has 1 aliphatic heterocycles. The molecule has 1 fully saturated rings. The van der Waals surface area contributed by atoms with Crippen LogP contribution >= 0.6 is 0 Å². The molecule has 1 saturated heterocycles. The van der Waals surface area contributed by atoms with Crippen LogP contribution in [0, 0.1) is 5.82 Å². The summed E-state index contributed by atoms with van der Waals surface area (Å²) in [5, 5.41) is 17.5. The summed E-state index contributed by atoms with van der Waals surface area (Å²) in [5.74, 6) is -1.11. The summed E-state index contributed by atoms with van der Waals surface area (Å²) in [6.45, 7) is 5.13. The molecule has 3 aromatic rings. The highest BCUT2D eigenvalue weighted by Gasteiger charge is 2.33. The van der Waals surface area contributed by atoms with Crippen molar-refractivity contribution in [3.05, 3.63) is 59.8 Å². The van der Waals surface area contributed by atoms with Gasteiger partial charge in [0.2, 0.25) is 5.88 Å². The summed E-state index contributed by atoms with van der Waals surface area (Å²) >= 11 is 0. The fourth-order valence-corrected chi connectivity index (χ4v) is 6.38. The third-order valence-corrected chi connectivity index (χ3v) is 8.24. The molecule has 0 radical (unpaired) electrons. The first-order chi connectivity index (χ1) is 18.5. The van der Waals surface area contributed by atoms with Gasteiger partial charge in [0.05, 0.1) is 25.0 Å². The molecule has 2 aromatic heterocycles. The molecule has 10 nitrogen and oxygen atoms in total. The predicted octanol–water partition coefficient (Wildman–Crippen LogP) is 2.90. The second-order valence-corrected chi connectivity index (χ2v) is 11.6. The fraction of sp³-hybridized carbons (Fsp3) is 0.444. The molecule has 4 rings (SSSR count). The lowest BCUT2D eigenvalue weighted by atomic mass is 9.88. The lowest BCUT2D eigenvalue weighted by Gasteiger charge is -2.36. The zero-order chi connectivity index (χ0) is 28.3. The predicted molar refractivity (Wildman–Crippen MR) is 147 cm³/mol. The van der Waals surface area contributed by atoms with Crippen LogP contribution in [0.1, 0.15) is 43.7 Å². The Hall–Kier alpha value is -3.51. The second-order valence-electron chi connectivity index (χ2n) is 10.1. The normalized spacial score (nSPS) is 17.0. The van der Waals surface area contributed by atoms with Gasteiger partial charge in [-0.05, 0) is 78.7 Å². The maximum Gasteiger partial charge on any atom is 0.344 e. The van der Waals surface area contributed by atoms with Crippen molar-refractivity contribution in [2.75, 3.05) is 31.6 Å². The quantitative estimate of drug-likeness (QED) is 0.293. The van der Waals surface area contributed by atoms with Gasteiger partial charge in [0, 0.05) is 38.5 Å². The van der Waals surface area contributed by atoms with Gasteiger partial charge in [0.15, 0.2) is 0 Å². The lowest BCUT2D eigenvalue weighted by Crippen LogP contribution is -2.49. The van der Waals surface area contributed by atoms with Crippen LogP contribution in [0.15, 0.2) is 47.3 Å². The standard InChI is InChI=1S/C27H35FN6O4S/c1-18(2)23-12-20(28)13-24(19-8-9-29-27(11-19)38-5)25(23)14-26(35)31-39(36,37)34(22-15-30-33(4)17-22)21-7-6-10-32(3)16-21/h8-9,11-13,15,17-18,21H,6-7,10,14,16H2,1-5H3,(H,31,35)/p-1. The molecule has 210 valence electrons. The van der Waals surface area contributed by atoms with Crippen molar-refractivity contribution in [1.29, 1.82) is 0 Å². The molecular formula is C27H34FN6O4S-. The van der Waals surface area contributed by atoms with E-state index in [1.54, 1.807) is 25.4 Å². The van der Waals surface area contributed by atoms with Crippen LogP contribution in [0.5, 0.6) is 5.88 Å². The number of pyridine rings is 1. The Kier molecular flexibility index (Phi) is 8.55. The van der Waals surface area contributed by atoms with E-state index in [1.807, 2.05) is 20.9 Å². The van der Waals surface area contributed by atoms with E-state index in [-0.39, 0.29) is 12.3 Å². The maximum atomic E-state index is 14.7. The Morgan fingerprint density at radius 3 is 2.72 bits per heavy atom. The first-order valence-corrected chi connectivity index (χ1v) is 14.2. The number of ether oxygens (including phenoxy) is 1. The fourth-order valence-electron chi connectivity index (χ4n) is 5.06. The molecule has 0 spiro atoms. The molecule has 1 unspecified atom stereocenters. The summed E-state index contributed by atoms with van der Waals surface area (Å²) in [5.41, 5.74) is 2.51. The zero-order valence-corrected chi connectivity index (χ0v) is 23.7. The molecule has 1 atom stereocenters. The van der Waals surface area contributed by atoms with Gasteiger partial charge in [-0.3, -0.25) is 4.68 Å². The topological polar surface area (TPSA) is 116 Å². The van der Waals surface area contributed by atoms with Gasteiger partial charge < -0.3 is 14.7 Å². The van der Waals surface area contributed by atoms with E-state index in [1.165, 1.54) is 40.6 Å². The third-order valence-electron chi connectivity index (χ3n) is 6.80. The van der Waals surface area contributed by atoms with Crippen LogP contribution < -0.4 is 14.1 Å². The first-order valence-electron chi connectivity index (χ1n) is 12.8. The average Bonchev–Trinajstić information content (AvgIpc) is 3.29. The van der Waals surface area contributed by atoms with Crippen molar-refractivity contribution in [2.24, 2.45) is 11.4 Å². The van der Waals surface area contributed by atoms with Gasteiger partial charge in [0.25, 0.3) is 0 Å². The number of hydrogen-bond donors (Lipinski definition) is 0. The summed E-state index contributed by atoms with van der Waals surface area (Å²) in [6, 6.07) is 5.64. The van der Waals surface area contributed by atoms with Crippen LogP contribution in [0.2, 0.25) is 0 Å².